The van der Waals surface area contributed by atoms with Crippen molar-refractivity contribution in [2.24, 2.45) is 12.5 Å². The smallest absolute Gasteiger partial charge is 0.252 e. The van der Waals surface area contributed by atoms with Crippen molar-refractivity contribution in [2.45, 2.75) is 64.8 Å². The van der Waals surface area contributed by atoms with Crippen molar-refractivity contribution in [2.75, 3.05) is 13.1 Å². The van der Waals surface area contributed by atoms with Crippen LogP contribution in [-0.2, 0) is 34.4 Å². The van der Waals surface area contributed by atoms with Gasteiger partial charge in [0, 0.05) is 68.6 Å². The third-order valence-electron chi connectivity index (χ3n) is 8.57. The topological polar surface area (TPSA) is 143 Å². The van der Waals surface area contributed by atoms with Crippen LogP contribution in [0.25, 0.3) is 22.4 Å². The third-order valence-corrected chi connectivity index (χ3v) is 8.99. The number of amides is 4. The molecule has 0 aliphatic carbocycles. The number of aromatic nitrogens is 4. The Bertz CT molecular complexity index is 1840. The van der Waals surface area contributed by atoms with E-state index in [9.17, 15) is 19.2 Å². The molecule has 4 aromatic rings. The van der Waals surface area contributed by atoms with Gasteiger partial charge >= 0.3 is 0 Å². The number of carbonyl (C=O) groups is 4. The molecule has 0 radical (unpaired) electrons. The Morgan fingerprint density at radius 1 is 1.00 bits per heavy atom. The summed E-state index contributed by atoms with van der Waals surface area (Å²) in [4.78, 5) is 52.8. The van der Waals surface area contributed by atoms with E-state index in [1.54, 1.807) is 27.9 Å². The van der Waals surface area contributed by atoms with Gasteiger partial charge in [-0.15, -0.1) is 0 Å². The average Bonchev–Trinajstić information content (AvgIpc) is 3.74. The number of rotatable bonds is 12. The molecule has 1 fully saturated rings. The molecule has 1 aliphatic rings. The Kier molecular flexibility index (Phi) is 10.9. The van der Waals surface area contributed by atoms with Crippen LogP contribution in [0.3, 0.4) is 0 Å². The summed E-state index contributed by atoms with van der Waals surface area (Å²) in [6, 6.07) is 14.9. The van der Waals surface area contributed by atoms with Crippen molar-refractivity contribution in [3.63, 3.8) is 0 Å². The molecule has 0 unspecified atom stereocenters. The van der Waals surface area contributed by atoms with Crippen molar-refractivity contribution < 1.29 is 19.2 Å². The normalized spacial score (nSPS) is 14.8. The number of aryl methyl sites for hydroxylation is 3. The Morgan fingerprint density at radius 2 is 1.73 bits per heavy atom. The standard InChI is InChI=1S/C36H44N8O4S/c1-6-44-14-13-30(41-44)27-16-25(15-26(17-27)28-19-37-42(5)20-28)23(2)38-34(47)29-10-8-7-9-24(29)11-12-32(45)39-40-35(48)31(49)18-33(46)43-21-36(3,4)22-43/h7-10,13-17,19-20,23,31,49H,6,11-12,18,21-22H2,1-5H3,(H,38,47)(H,39,45)(H,40,48)/t23-,31-/m1/s1. The Morgan fingerprint density at radius 3 is 2.41 bits per heavy atom. The minimum Gasteiger partial charge on any atom is -0.346 e. The van der Waals surface area contributed by atoms with Crippen molar-refractivity contribution in [1.82, 2.24) is 40.6 Å². The van der Waals surface area contributed by atoms with E-state index in [0.29, 0.717) is 24.2 Å². The maximum atomic E-state index is 13.6. The van der Waals surface area contributed by atoms with Gasteiger partial charge in [-0.05, 0) is 72.7 Å². The van der Waals surface area contributed by atoms with Gasteiger partial charge in [0.15, 0.2) is 0 Å². The number of benzene rings is 2. The molecular weight excluding hydrogens is 641 g/mol. The first kappa shape index (κ1) is 35.4. The van der Waals surface area contributed by atoms with E-state index in [2.05, 4.69) is 58.9 Å². The van der Waals surface area contributed by atoms with E-state index in [1.807, 2.05) is 68.3 Å². The minimum absolute atomic E-state index is 0.0279. The SMILES string of the molecule is CCn1ccc(-c2cc(-c3cnn(C)c3)cc([C@@H](C)NC(=O)c3ccccc3CCC(=O)NNC(=O)[C@H](S)CC(=O)N3CC(C)(C)C3)c2)n1. The molecule has 3 heterocycles. The highest BCUT2D eigenvalue weighted by Crippen LogP contribution is 2.31. The summed E-state index contributed by atoms with van der Waals surface area (Å²) < 4.78 is 3.62. The van der Waals surface area contributed by atoms with Gasteiger partial charge in [-0.3, -0.25) is 39.4 Å². The first-order valence-electron chi connectivity index (χ1n) is 16.4. The Balaban J connectivity index is 1.19. The highest BCUT2D eigenvalue weighted by molar-refractivity contribution is 7.81. The summed E-state index contributed by atoms with van der Waals surface area (Å²) in [5, 5.41) is 11.2. The molecule has 0 saturated carbocycles. The maximum absolute atomic E-state index is 13.6. The lowest BCUT2D eigenvalue weighted by Crippen LogP contribution is -2.56. The number of carbonyl (C=O) groups excluding carboxylic acids is 4. The van der Waals surface area contributed by atoms with Gasteiger partial charge < -0.3 is 10.2 Å². The lowest BCUT2D eigenvalue weighted by Gasteiger charge is -2.46. The lowest BCUT2D eigenvalue weighted by molar-refractivity contribution is -0.142. The summed E-state index contributed by atoms with van der Waals surface area (Å²) in [6.45, 7) is 10.2. The molecule has 4 amide bonds. The number of nitrogens with zero attached hydrogens (tertiary/aromatic N) is 5. The highest BCUT2D eigenvalue weighted by Gasteiger charge is 2.37. The summed E-state index contributed by atoms with van der Waals surface area (Å²) in [7, 11) is 1.87. The van der Waals surface area contributed by atoms with Gasteiger partial charge in [-0.25, -0.2) is 0 Å². The first-order chi connectivity index (χ1) is 23.3. The second-order valence-corrected chi connectivity index (χ2v) is 14.0. The van der Waals surface area contributed by atoms with Crippen LogP contribution in [0.5, 0.6) is 0 Å². The van der Waals surface area contributed by atoms with E-state index in [1.165, 1.54) is 0 Å². The number of likely N-dealkylation sites (tertiary alicyclic amines) is 1. The molecule has 12 nitrogen and oxygen atoms in total. The van der Waals surface area contributed by atoms with Crippen LogP contribution in [0.1, 0.15) is 68.1 Å². The van der Waals surface area contributed by atoms with Crippen LogP contribution in [0.4, 0.5) is 0 Å². The van der Waals surface area contributed by atoms with E-state index in [-0.39, 0.29) is 42.5 Å². The summed E-state index contributed by atoms with van der Waals surface area (Å²) in [5.74, 6) is -1.41. The molecule has 49 heavy (non-hydrogen) atoms. The molecule has 13 heteroatoms. The van der Waals surface area contributed by atoms with E-state index in [0.717, 1.165) is 34.5 Å². The van der Waals surface area contributed by atoms with Crippen LogP contribution in [0.15, 0.2) is 67.1 Å². The minimum atomic E-state index is -0.891. The Hall–Kier alpha value is -4.91. The van der Waals surface area contributed by atoms with Crippen LogP contribution in [-0.4, -0.2) is 66.4 Å². The van der Waals surface area contributed by atoms with Crippen molar-refractivity contribution in [3.05, 3.63) is 83.8 Å². The number of thiol groups is 1. The number of nitrogens with one attached hydrogen (secondary N) is 3. The predicted molar refractivity (Wildman–Crippen MR) is 190 cm³/mol. The van der Waals surface area contributed by atoms with Gasteiger partial charge in [-0.1, -0.05) is 32.0 Å². The predicted octanol–water partition coefficient (Wildman–Crippen LogP) is 4.10. The first-order valence-corrected chi connectivity index (χ1v) is 16.9. The van der Waals surface area contributed by atoms with E-state index < -0.39 is 17.1 Å². The molecule has 2 atom stereocenters. The second kappa shape index (κ2) is 15.1. The van der Waals surface area contributed by atoms with Gasteiger partial charge in [0.25, 0.3) is 11.8 Å². The summed E-state index contributed by atoms with van der Waals surface area (Å²) >= 11 is 4.26. The second-order valence-electron chi connectivity index (χ2n) is 13.3. The van der Waals surface area contributed by atoms with Crippen LogP contribution < -0.4 is 16.2 Å². The quantitative estimate of drug-likeness (QED) is 0.131. The molecule has 0 bridgehead atoms. The maximum Gasteiger partial charge on any atom is 0.252 e. The van der Waals surface area contributed by atoms with E-state index in [4.69, 9.17) is 0 Å². The monoisotopic (exact) mass is 684 g/mol. The fraction of sp³-hybridized carbons (Fsp3) is 0.389. The molecule has 258 valence electrons. The molecule has 5 rings (SSSR count). The molecule has 2 aromatic heterocycles. The zero-order chi connectivity index (χ0) is 35.3. The van der Waals surface area contributed by atoms with Crippen molar-refractivity contribution in [3.8, 4) is 22.4 Å². The summed E-state index contributed by atoms with van der Waals surface area (Å²) in [5.41, 5.74) is 10.6. The molecular formula is C36H44N8O4S. The van der Waals surface area contributed by atoms with Gasteiger partial charge in [0.1, 0.15) is 0 Å². The van der Waals surface area contributed by atoms with Crippen LogP contribution >= 0.6 is 12.6 Å². The zero-order valence-electron chi connectivity index (χ0n) is 28.6. The lowest BCUT2D eigenvalue weighted by atomic mass is 9.84. The largest absolute Gasteiger partial charge is 0.346 e. The van der Waals surface area contributed by atoms with Crippen molar-refractivity contribution >= 4 is 36.3 Å². The highest BCUT2D eigenvalue weighted by atomic mass is 32.1. The molecule has 1 saturated heterocycles. The fourth-order valence-corrected chi connectivity index (χ4v) is 6.09. The summed E-state index contributed by atoms with van der Waals surface area (Å²) in [6.07, 6.45) is 5.94. The van der Waals surface area contributed by atoms with Gasteiger partial charge in [-0.2, -0.15) is 22.8 Å². The van der Waals surface area contributed by atoms with Gasteiger partial charge in [0.05, 0.1) is 23.2 Å². The molecule has 1 aliphatic heterocycles. The van der Waals surface area contributed by atoms with E-state index >= 15 is 0 Å². The van der Waals surface area contributed by atoms with Crippen LogP contribution in [0, 0.1) is 5.41 Å². The van der Waals surface area contributed by atoms with Crippen LogP contribution in [0.2, 0.25) is 0 Å². The van der Waals surface area contributed by atoms with Crippen molar-refractivity contribution in [1.29, 1.82) is 0 Å². The zero-order valence-corrected chi connectivity index (χ0v) is 29.5. The van der Waals surface area contributed by atoms with Gasteiger partial charge in [0.2, 0.25) is 11.8 Å². The average molecular weight is 685 g/mol. The molecule has 2 aromatic carbocycles. The molecule has 3 N–H and O–H groups in total. The fourth-order valence-electron chi connectivity index (χ4n) is 5.87. The molecule has 0 spiro atoms. The number of hydrogen-bond donors (Lipinski definition) is 4. The number of hydrazine groups is 1. The number of hydrogen-bond acceptors (Lipinski definition) is 7. The Labute approximate surface area is 292 Å². The third kappa shape index (κ3) is 8.96.